The van der Waals surface area contributed by atoms with Crippen LogP contribution in [0, 0.1) is 5.41 Å². The maximum atomic E-state index is 4.88. The maximum absolute atomic E-state index is 4.88. The number of rotatable bonds is 4. The Kier molecular flexibility index (Phi) is 5.39. The third-order valence-electron chi connectivity index (χ3n) is 4.78. The van der Waals surface area contributed by atoms with Crippen molar-refractivity contribution in [2.45, 2.75) is 46.8 Å². The van der Waals surface area contributed by atoms with Gasteiger partial charge in [-0.2, -0.15) is 0 Å². The summed E-state index contributed by atoms with van der Waals surface area (Å²) in [5, 5.41) is 1.49. The van der Waals surface area contributed by atoms with Gasteiger partial charge in [0, 0.05) is 11.8 Å². The molecule has 0 fully saturated rings. The zero-order valence-corrected chi connectivity index (χ0v) is 18.5. The quantitative estimate of drug-likeness (QED) is 0.473. The normalized spacial score (nSPS) is 12.2. The minimum atomic E-state index is -1.43. The zero-order chi connectivity index (χ0) is 19.7. The molecule has 0 saturated carbocycles. The highest BCUT2D eigenvalue weighted by atomic mass is 28.3. The predicted octanol–water partition coefficient (Wildman–Crippen LogP) is 6.55. The molecule has 0 N–H and O–H groups in total. The Bertz CT molecular complexity index is 915. The van der Waals surface area contributed by atoms with Crippen molar-refractivity contribution >= 4 is 13.3 Å². The van der Waals surface area contributed by atoms with Gasteiger partial charge in [-0.3, -0.25) is 4.98 Å². The van der Waals surface area contributed by atoms with E-state index in [1.807, 2.05) is 0 Å². The monoisotopic (exact) mass is 373 g/mol. The van der Waals surface area contributed by atoms with E-state index < -0.39 is 8.07 Å². The Morgan fingerprint density at radius 1 is 0.778 bits per heavy atom. The van der Waals surface area contributed by atoms with Crippen LogP contribution in [0.4, 0.5) is 0 Å². The van der Waals surface area contributed by atoms with Crippen molar-refractivity contribution in [1.29, 1.82) is 0 Å². The topological polar surface area (TPSA) is 12.9 Å². The lowest BCUT2D eigenvalue weighted by molar-refractivity contribution is 0.412. The minimum Gasteiger partial charge on any atom is -0.256 e. The van der Waals surface area contributed by atoms with E-state index in [1.54, 1.807) is 0 Å². The molecule has 27 heavy (non-hydrogen) atoms. The van der Waals surface area contributed by atoms with Crippen LogP contribution in [0.25, 0.3) is 22.4 Å². The van der Waals surface area contributed by atoms with E-state index in [0.717, 1.165) is 12.1 Å². The van der Waals surface area contributed by atoms with E-state index in [0.29, 0.717) is 0 Å². The first-order valence-corrected chi connectivity index (χ1v) is 13.3. The highest BCUT2D eigenvalue weighted by molar-refractivity contribution is 6.89. The highest BCUT2D eigenvalue weighted by Crippen LogP contribution is 2.28. The van der Waals surface area contributed by atoms with Crippen LogP contribution in [0.15, 0.2) is 66.9 Å². The summed E-state index contributed by atoms with van der Waals surface area (Å²) in [7, 11) is -1.43. The fourth-order valence-corrected chi connectivity index (χ4v) is 5.11. The number of nitrogens with zero attached hydrogens (tertiary/aromatic N) is 1. The largest absolute Gasteiger partial charge is 0.256 e. The SMILES string of the molecule is CC(C)(C)Cc1cc(-c2cccc(-c3ccccc3)c2)ncc1[Si](C)(C)C. The van der Waals surface area contributed by atoms with Gasteiger partial charge in [-0.1, -0.05) is 88.9 Å². The average Bonchev–Trinajstić information content (AvgIpc) is 2.60. The summed E-state index contributed by atoms with van der Waals surface area (Å²) in [6.07, 6.45) is 3.23. The van der Waals surface area contributed by atoms with E-state index in [2.05, 4.69) is 107 Å². The standard InChI is InChI=1S/C25H31NSi/c1-25(2,3)17-22-16-23(26-18-24(22)27(4,5)6)21-14-10-13-20(15-21)19-11-8-7-9-12-19/h7-16,18H,17H2,1-6H3. The fourth-order valence-electron chi connectivity index (χ4n) is 3.54. The lowest BCUT2D eigenvalue weighted by Gasteiger charge is -2.26. The molecule has 1 heterocycles. The van der Waals surface area contributed by atoms with Crippen LogP contribution in [-0.2, 0) is 6.42 Å². The van der Waals surface area contributed by atoms with Crippen LogP contribution >= 0.6 is 0 Å². The molecule has 140 valence electrons. The van der Waals surface area contributed by atoms with Crippen LogP contribution in [0.2, 0.25) is 19.6 Å². The smallest absolute Gasteiger partial charge is 0.0799 e. The molecule has 2 aromatic carbocycles. The predicted molar refractivity (Wildman–Crippen MR) is 121 cm³/mol. The maximum Gasteiger partial charge on any atom is 0.0799 e. The number of aromatic nitrogens is 1. The summed E-state index contributed by atoms with van der Waals surface area (Å²) in [6.45, 7) is 14.2. The lowest BCUT2D eigenvalue weighted by atomic mass is 9.88. The number of hydrogen-bond acceptors (Lipinski definition) is 1. The van der Waals surface area contributed by atoms with Gasteiger partial charge < -0.3 is 0 Å². The molecular weight excluding hydrogens is 342 g/mol. The first-order valence-electron chi connectivity index (χ1n) is 9.79. The van der Waals surface area contributed by atoms with Crippen molar-refractivity contribution in [1.82, 2.24) is 4.98 Å². The van der Waals surface area contributed by atoms with Gasteiger partial charge in [-0.15, -0.1) is 0 Å². The molecule has 0 atom stereocenters. The van der Waals surface area contributed by atoms with E-state index >= 15 is 0 Å². The number of pyridine rings is 1. The van der Waals surface area contributed by atoms with Crippen LogP contribution in [0.5, 0.6) is 0 Å². The van der Waals surface area contributed by atoms with Gasteiger partial charge in [0.15, 0.2) is 0 Å². The van der Waals surface area contributed by atoms with Crippen molar-refractivity contribution in [3.63, 3.8) is 0 Å². The number of benzene rings is 2. The molecule has 3 aromatic rings. The first-order chi connectivity index (χ1) is 12.6. The second kappa shape index (κ2) is 7.44. The molecule has 0 aliphatic carbocycles. The molecule has 1 aromatic heterocycles. The van der Waals surface area contributed by atoms with Crippen molar-refractivity contribution in [2.75, 3.05) is 0 Å². The van der Waals surface area contributed by atoms with Crippen molar-refractivity contribution in [3.8, 4) is 22.4 Å². The molecule has 1 nitrogen and oxygen atoms in total. The van der Waals surface area contributed by atoms with Gasteiger partial charge in [0.25, 0.3) is 0 Å². The van der Waals surface area contributed by atoms with Crippen molar-refractivity contribution in [2.24, 2.45) is 5.41 Å². The van der Waals surface area contributed by atoms with Gasteiger partial charge in [-0.05, 0) is 45.8 Å². The summed E-state index contributed by atoms with van der Waals surface area (Å²) < 4.78 is 0. The van der Waals surface area contributed by atoms with E-state index in [9.17, 15) is 0 Å². The number of hydrogen-bond donors (Lipinski definition) is 0. The highest BCUT2D eigenvalue weighted by Gasteiger charge is 2.24. The summed E-state index contributed by atoms with van der Waals surface area (Å²) in [6, 6.07) is 21.6. The van der Waals surface area contributed by atoms with Crippen LogP contribution in [0.3, 0.4) is 0 Å². The first kappa shape index (κ1) is 19.6. The zero-order valence-electron chi connectivity index (χ0n) is 17.5. The Balaban J connectivity index is 2.06. The summed E-state index contributed by atoms with van der Waals surface area (Å²) in [5.74, 6) is 0. The molecule has 0 amide bonds. The van der Waals surface area contributed by atoms with E-state index in [4.69, 9.17) is 4.98 Å². The Labute approximate surface area is 165 Å². The van der Waals surface area contributed by atoms with Gasteiger partial charge >= 0.3 is 0 Å². The molecule has 3 rings (SSSR count). The fraction of sp³-hybridized carbons (Fsp3) is 0.320. The third-order valence-corrected chi connectivity index (χ3v) is 6.85. The van der Waals surface area contributed by atoms with Gasteiger partial charge in [0.05, 0.1) is 13.8 Å². The van der Waals surface area contributed by atoms with Gasteiger partial charge in [0.2, 0.25) is 0 Å². The van der Waals surface area contributed by atoms with E-state index in [-0.39, 0.29) is 5.41 Å². The van der Waals surface area contributed by atoms with Gasteiger partial charge in [-0.25, -0.2) is 0 Å². The molecule has 0 radical (unpaired) electrons. The Morgan fingerprint density at radius 3 is 2.04 bits per heavy atom. The van der Waals surface area contributed by atoms with Crippen LogP contribution in [-0.4, -0.2) is 13.1 Å². The summed E-state index contributed by atoms with van der Waals surface area (Å²) in [5.41, 5.74) is 6.48. The Hall–Kier alpha value is -2.19. The molecule has 0 aliphatic rings. The van der Waals surface area contributed by atoms with Crippen molar-refractivity contribution < 1.29 is 0 Å². The molecule has 0 saturated heterocycles. The summed E-state index contributed by atoms with van der Waals surface area (Å²) in [4.78, 5) is 4.88. The molecule has 2 heteroatoms. The third kappa shape index (κ3) is 4.95. The molecule has 0 spiro atoms. The second-order valence-electron chi connectivity index (χ2n) is 9.66. The summed E-state index contributed by atoms with van der Waals surface area (Å²) >= 11 is 0. The average molecular weight is 374 g/mol. The molecule has 0 aliphatic heterocycles. The van der Waals surface area contributed by atoms with E-state index in [1.165, 1.54) is 27.4 Å². The minimum absolute atomic E-state index is 0.263. The molecule has 0 bridgehead atoms. The van der Waals surface area contributed by atoms with Crippen molar-refractivity contribution in [3.05, 3.63) is 72.4 Å². The molecule has 0 unspecified atom stereocenters. The van der Waals surface area contributed by atoms with Crippen LogP contribution in [0.1, 0.15) is 26.3 Å². The second-order valence-corrected chi connectivity index (χ2v) is 14.7. The van der Waals surface area contributed by atoms with Crippen LogP contribution < -0.4 is 5.19 Å². The lowest BCUT2D eigenvalue weighted by Crippen LogP contribution is -2.41. The Morgan fingerprint density at radius 2 is 1.41 bits per heavy atom. The van der Waals surface area contributed by atoms with Gasteiger partial charge in [0.1, 0.15) is 0 Å². The molecular formula is C25H31NSi.